The third kappa shape index (κ3) is 2.90. The number of ether oxygens (including phenoxy) is 1. The molecule has 0 atom stereocenters. The van der Waals surface area contributed by atoms with Crippen LogP contribution in [0.2, 0.25) is 10.0 Å². The molecule has 0 aliphatic carbocycles. The zero-order valence-electron chi connectivity index (χ0n) is 13.0. The Labute approximate surface area is 153 Å². The van der Waals surface area contributed by atoms with E-state index in [-0.39, 0.29) is 15.6 Å². The molecular weight excluding hydrogens is 366 g/mol. The van der Waals surface area contributed by atoms with Crippen LogP contribution in [0.3, 0.4) is 0 Å². The number of rotatable bonds is 2. The molecule has 0 unspecified atom stereocenters. The highest BCUT2D eigenvalue weighted by molar-refractivity contribution is 6.40. The van der Waals surface area contributed by atoms with E-state index in [0.29, 0.717) is 48.8 Å². The topological polar surface area (TPSA) is 51.1 Å². The van der Waals surface area contributed by atoms with Gasteiger partial charge in [-0.3, -0.25) is 0 Å². The molecule has 4 rings (SSSR count). The molecule has 1 fully saturated rings. The summed E-state index contributed by atoms with van der Waals surface area (Å²) in [6.07, 6.45) is 3.07. The van der Waals surface area contributed by atoms with Crippen LogP contribution in [-0.4, -0.2) is 41.3 Å². The van der Waals surface area contributed by atoms with E-state index in [1.54, 1.807) is 18.3 Å². The van der Waals surface area contributed by atoms with Crippen LogP contribution in [0.25, 0.3) is 22.3 Å². The van der Waals surface area contributed by atoms with Gasteiger partial charge in [0.15, 0.2) is 5.65 Å². The molecule has 5 nitrogen and oxygen atoms in total. The molecule has 8 heteroatoms. The molecule has 1 saturated heterocycles. The predicted octanol–water partition coefficient (Wildman–Crippen LogP) is 3.97. The SMILES string of the molecule is Fc1cccc(Cl)c1-c1c(N2CCOCC2)nc2nccnc2c1Cl. The fourth-order valence-corrected chi connectivity index (χ4v) is 3.47. The largest absolute Gasteiger partial charge is 0.378 e. The quantitative estimate of drug-likeness (QED) is 0.674. The number of benzene rings is 1. The second kappa shape index (κ2) is 6.71. The molecule has 3 aromatic rings. The van der Waals surface area contributed by atoms with E-state index in [4.69, 9.17) is 27.9 Å². The van der Waals surface area contributed by atoms with Gasteiger partial charge in [-0.25, -0.2) is 19.3 Å². The van der Waals surface area contributed by atoms with Gasteiger partial charge in [-0.1, -0.05) is 29.3 Å². The van der Waals surface area contributed by atoms with Crippen LogP contribution in [0.15, 0.2) is 30.6 Å². The molecule has 0 radical (unpaired) electrons. The van der Waals surface area contributed by atoms with Gasteiger partial charge in [0.2, 0.25) is 0 Å². The second-order valence-corrected chi connectivity index (χ2v) is 6.33. The number of hydrogen-bond donors (Lipinski definition) is 0. The van der Waals surface area contributed by atoms with Crippen LogP contribution in [0.1, 0.15) is 0 Å². The Morgan fingerprint density at radius 2 is 1.80 bits per heavy atom. The van der Waals surface area contributed by atoms with E-state index >= 15 is 0 Å². The number of morpholine rings is 1. The first-order valence-electron chi connectivity index (χ1n) is 7.74. The van der Waals surface area contributed by atoms with E-state index in [9.17, 15) is 4.39 Å². The zero-order valence-corrected chi connectivity index (χ0v) is 14.6. The standard InChI is InChI=1S/C17H13Cl2FN4O/c18-10-2-1-3-11(20)12(10)13-14(19)15-16(22-5-4-21-15)23-17(13)24-6-8-25-9-7-24/h1-5H,6-9H2. The molecule has 0 bridgehead atoms. The molecule has 1 aliphatic rings. The Morgan fingerprint density at radius 3 is 2.56 bits per heavy atom. The van der Waals surface area contributed by atoms with E-state index in [1.807, 2.05) is 4.90 Å². The van der Waals surface area contributed by atoms with Gasteiger partial charge in [-0.15, -0.1) is 0 Å². The fourth-order valence-electron chi connectivity index (χ4n) is 2.90. The molecule has 128 valence electrons. The normalized spacial score (nSPS) is 14.9. The number of aromatic nitrogens is 3. The summed E-state index contributed by atoms with van der Waals surface area (Å²) in [4.78, 5) is 15.1. The third-order valence-corrected chi connectivity index (χ3v) is 4.75. The van der Waals surface area contributed by atoms with Crippen molar-refractivity contribution in [1.82, 2.24) is 15.0 Å². The van der Waals surface area contributed by atoms with Crippen LogP contribution in [0, 0.1) is 5.82 Å². The lowest BCUT2D eigenvalue weighted by molar-refractivity contribution is 0.122. The van der Waals surface area contributed by atoms with Crippen molar-refractivity contribution >= 4 is 40.2 Å². The summed E-state index contributed by atoms with van der Waals surface area (Å²) in [5.74, 6) is 0.0715. The predicted molar refractivity (Wildman–Crippen MR) is 95.8 cm³/mol. The van der Waals surface area contributed by atoms with Crippen molar-refractivity contribution < 1.29 is 9.13 Å². The maximum absolute atomic E-state index is 14.6. The van der Waals surface area contributed by atoms with E-state index < -0.39 is 5.82 Å². The maximum Gasteiger partial charge on any atom is 0.181 e. The van der Waals surface area contributed by atoms with Crippen molar-refractivity contribution in [3.05, 3.63) is 46.5 Å². The van der Waals surface area contributed by atoms with E-state index in [1.165, 1.54) is 12.3 Å². The highest BCUT2D eigenvalue weighted by atomic mass is 35.5. The number of nitrogens with zero attached hydrogens (tertiary/aromatic N) is 4. The average molecular weight is 379 g/mol. The lowest BCUT2D eigenvalue weighted by Gasteiger charge is -2.30. The first-order valence-corrected chi connectivity index (χ1v) is 8.49. The molecule has 0 saturated carbocycles. The van der Waals surface area contributed by atoms with Gasteiger partial charge >= 0.3 is 0 Å². The van der Waals surface area contributed by atoms with Crippen LogP contribution in [-0.2, 0) is 4.74 Å². The first kappa shape index (κ1) is 16.4. The number of fused-ring (bicyclic) bond motifs is 1. The Morgan fingerprint density at radius 1 is 1.04 bits per heavy atom. The first-order chi connectivity index (χ1) is 12.2. The Hall–Kier alpha value is -2.02. The minimum atomic E-state index is -0.464. The number of pyridine rings is 1. The Kier molecular flexibility index (Phi) is 4.41. The summed E-state index contributed by atoms with van der Waals surface area (Å²) < 4.78 is 20.0. The smallest absolute Gasteiger partial charge is 0.181 e. The lowest BCUT2D eigenvalue weighted by atomic mass is 10.0. The van der Waals surface area contributed by atoms with E-state index in [2.05, 4.69) is 15.0 Å². The van der Waals surface area contributed by atoms with Crippen molar-refractivity contribution in [3.63, 3.8) is 0 Å². The van der Waals surface area contributed by atoms with E-state index in [0.717, 1.165) is 0 Å². The highest BCUT2D eigenvalue weighted by Crippen LogP contribution is 2.43. The Bertz CT molecular complexity index is 927. The highest BCUT2D eigenvalue weighted by Gasteiger charge is 2.26. The lowest BCUT2D eigenvalue weighted by Crippen LogP contribution is -2.37. The molecule has 1 aromatic carbocycles. The van der Waals surface area contributed by atoms with Gasteiger partial charge in [0.1, 0.15) is 17.2 Å². The molecular formula is C17H13Cl2FN4O. The summed E-state index contributed by atoms with van der Waals surface area (Å²) in [6, 6.07) is 4.53. The minimum Gasteiger partial charge on any atom is -0.378 e. The second-order valence-electron chi connectivity index (χ2n) is 5.55. The molecule has 3 heterocycles. The van der Waals surface area contributed by atoms with Gasteiger partial charge in [-0.2, -0.15) is 0 Å². The minimum absolute atomic E-state index is 0.218. The van der Waals surface area contributed by atoms with Crippen molar-refractivity contribution in [3.8, 4) is 11.1 Å². The van der Waals surface area contributed by atoms with Gasteiger partial charge in [0.05, 0.1) is 23.3 Å². The summed E-state index contributed by atoms with van der Waals surface area (Å²) >= 11 is 12.9. The van der Waals surface area contributed by atoms with Crippen LogP contribution in [0.5, 0.6) is 0 Å². The average Bonchev–Trinajstić information content (AvgIpc) is 2.64. The zero-order chi connectivity index (χ0) is 17.4. The van der Waals surface area contributed by atoms with Crippen LogP contribution in [0.4, 0.5) is 10.2 Å². The summed E-state index contributed by atoms with van der Waals surface area (Å²) in [5, 5.41) is 0.549. The fraction of sp³-hybridized carbons (Fsp3) is 0.235. The number of hydrogen-bond acceptors (Lipinski definition) is 5. The molecule has 1 aliphatic heterocycles. The van der Waals surface area contributed by atoms with Crippen molar-refractivity contribution in [2.45, 2.75) is 0 Å². The van der Waals surface area contributed by atoms with Crippen molar-refractivity contribution in [1.29, 1.82) is 0 Å². The molecule has 0 N–H and O–H groups in total. The van der Waals surface area contributed by atoms with Crippen molar-refractivity contribution in [2.24, 2.45) is 0 Å². The van der Waals surface area contributed by atoms with Gasteiger partial charge in [0, 0.05) is 36.6 Å². The third-order valence-electron chi connectivity index (χ3n) is 4.07. The molecule has 2 aromatic heterocycles. The van der Waals surface area contributed by atoms with Gasteiger partial charge < -0.3 is 9.64 Å². The monoisotopic (exact) mass is 378 g/mol. The van der Waals surface area contributed by atoms with Crippen LogP contribution >= 0.6 is 23.2 Å². The summed E-state index contributed by atoms with van der Waals surface area (Å²) in [7, 11) is 0. The molecule has 0 spiro atoms. The Balaban J connectivity index is 2.05. The van der Waals surface area contributed by atoms with Gasteiger partial charge in [0.25, 0.3) is 0 Å². The summed E-state index contributed by atoms with van der Waals surface area (Å²) in [6.45, 7) is 2.35. The van der Waals surface area contributed by atoms with Gasteiger partial charge in [-0.05, 0) is 12.1 Å². The van der Waals surface area contributed by atoms with Crippen LogP contribution < -0.4 is 4.90 Å². The number of anilines is 1. The molecule has 0 amide bonds. The van der Waals surface area contributed by atoms with Crippen molar-refractivity contribution in [2.75, 3.05) is 31.2 Å². The molecule has 25 heavy (non-hydrogen) atoms. The summed E-state index contributed by atoms with van der Waals surface area (Å²) in [5.41, 5.74) is 1.47. The number of halogens is 3. The maximum atomic E-state index is 14.6.